The van der Waals surface area contributed by atoms with E-state index in [0.29, 0.717) is 25.3 Å². The van der Waals surface area contributed by atoms with Crippen molar-refractivity contribution in [3.8, 4) is 0 Å². The van der Waals surface area contributed by atoms with Gasteiger partial charge in [0.15, 0.2) is 0 Å². The van der Waals surface area contributed by atoms with Gasteiger partial charge in [0.25, 0.3) is 0 Å². The number of nitrogens with two attached hydrogens (primary N) is 1. The largest absolute Gasteiger partial charge is 0.381 e. The van der Waals surface area contributed by atoms with E-state index in [0.717, 1.165) is 38.1 Å². The molecule has 8 nitrogen and oxygen atoms in total. The van der Waals surface area contributed by atoms with Crippen LogP contribution < -0.4 is 16.4 Å². The van der Waals surface area contributed by atoms with Crippen molar-refractivity contribution in [2.75, 3.05) is 32.8 Å². The van der Waals surface area contributed by atoms with Crippen molar-refractivity contribution in [2.45, 2.75) is 31.6 Å². The molecule has 0 aromatic carbocycles. The molecule has 2 aliphatic rings. The van der Waals surface area contributed by atoms with Crippen molar-refractivity contribution in [3.05, 3.63) is 17.5 Å². The lowest BCUT2D eigenvalue weighted by Gasteiger charge is -2.35. The predicted molar refractivity (Wildman–Crippen MR) is 85.1 cm³/mol. The van der Waals surface area contributed by atoms with Crippen LogP contribution in [0.4, 0.5) is 0 Å². The van der Waals surface area contributed by atoms with Gasteiger partial charge in [-0.05, 0) is 25.8 Å². The molecular formula is C16H24N4O4. The van der Waals surface area contributed by atoms with Crippen LogP contribution in [0.15, 0.2) is 10.6 Å². The molecule has 0 bridgehead atoms. The van der Waals surface area contributed by atoms with Gasteiger partial charge in [-0.15, -0.1) is 0 Å². The molecule has 4 N–H and O–H groups in total. The molecule has 3 rings (SSSR count). The predicted octanol–water partition coefficient (Wildman–Crippen LogP) is -0.308. The lowest BCUT2D eigenvalue weighted by atomic mass is 9.76. The van der Waals surface area contributed by atoms with E-state index in [1.54, 1.807) is 0 Å². The second kappa shape index (κ2) is 7.31. The topological polar surface area (TPSA) is 119 Å². The molecule has 0 unspecified atom stereocenters. The van der Waals surface area contributed by atoms with Crippen LogP contribution in [0.25, 0.3) is 0 Å². The van der Waals surface area contributed by atoms with Gasteiger partial charge in [0, 0.05) is 31.6 Å². The summed E-state index contributed by atoms with van der Waals surface area (Å²) in [7, 11) is 0. The smallest absolute Gasteiger partial charge is 0.236 e. The van der Waals surface area contributed by atoms with Gasteiger partial charge in [-0.1, -0.05) is 5.16 Å². The second-order valence-electron chi connectivity index (χ2n) is 6.67. The van der Waals surface area contributed by atoms with Gasteiger partial charge in [-0.3, -0.25) is 9.59 Å². The lowest BCUT2D eigenvalue weighted by molar-refractivity contribution is -0.134. The molecule has 0 spiro atoms. The number of carbonyl (C=O) groups is 2. The van der Waals surface area contributed by atoms with Crippen LogP contribution in [0.1, 0.15) is 36.6 Å². The van der Waals surface area contributed by atoms with E-state index < -0.39 is 11.3 Å². The van der Waals surface area contributed by atoms with Gasteiger partial charge in [0.2, 0.25) is 11.8 Å². The zero-order valence-electron chi connectivity index (χ0n) is 13.7. The molecule has 0 radical (unpaired) electrons. The van der Waals surface area contributed by atoms with Crippen molar-refractivity contribution in [2.24, 2.45) is 11.1 Å². The lowest BCUT2D eigenvalue weighted by Crippen LogP contribution is -2.53. The van der Waals surface area contributed by atoms with Gasteiger partial charge in [0.1, 0.15) is 5.76 Å². The van der Waals surface area contributed by atoms with Crippen molar-refractivity contribution >= 4 is 11.8 Å². The third kappa shape index (κ3) is 3.76. The van der Waals surface area contributed by atoms with E-state index in [1.807, 2.05) is 6.07 Å². The number of ether oxygens (including phenoxy) is 1. The summed E-state index contributed by atoms with van der Waals surface area (Å²) in [6.45, 7) is 2.68. The van der Waals surface area contributed by atoms with Crippen LogP contribution >= 0.6 is 0 Å². The number of primary amides is 1. The van der Waals surface area contributed by atoms with E-state index in [-0.39, 0.29) is 18.4 Å². The summed E-state index contributed by atoms with van der Waals surface area (Å²) < 4.78 is 10.9. The normalized spacial score (nSPS) is 27.1. The summed E-state index contributed by atoms with van der Waals surface area (Å²) in [5.41, 5.74) is 5.38. The summed E-state index contributed by atoms with van der Waals surface area (Å²) >= 11 is 0. The van der Waals surface area contributed by atoms with E-state index >= 15 is 0 Å². The van der Waals surface area contributed by atoms with Crippen LogP contribution in [0.2, 0.25) is 0 Å². The number of nitrogens with zero attached hydrogens (tertiary/aromatic N) is 1. The fourth-order valence-electron chi connectivity index (χ4n) is 3.45. The fourth-order valence-corrected chi connectivity index (χ4v) is 3.45. The first-order chi connectivity index (χ1) is 11.6. The Hall–Kier alpha value is -1.93. The van der Waals surface area contributed by atoms with Gasteiger partial charge in [0.05, 0.1) is 24.3 Å². The Balaban J connectivity index is 1.71. The number of hydrogen-bond donors (Lipinski definition) is 3. The Morgan fingerprint density at radius 3 is 3.04 bits per heavy atom. The van der Waals surface area contributed by atoms with Gasteiger partial charge in [-0.2, -0.15) is 0 Å². The minimum absolute atomic E-state index is 0.151. The van der Waals surface area contributed by atoms with Crippen LogP contribution in [-0.2, 0) is 20.7 Å². The zero-order valence-corrected chi connectivity index (χ0v) is 13.7. The number of nitrogens with one attached hydrogen (secondary N) is 2. The first kappa shape index (κ1) is 16.9. The van der Waals surface area contributed by atoms with E-state index in [4.69, 9.17) is 15.0 Å². The first-order valence-electron chi connectivity index (χ1n) is 8.40. The fraction of sp³-hybridized carbons (Fsp3) is 0.688. The van der Waals surface area contributed by atoms with E-state index in [2.05, 4.69) is 15.8 Å². The van der Waals surface area contributed by atoms with E-state index in [9.17, 15) is 9.59 Å². The van der Waals surface area contributed by atoms with Crippen LogP contribution in [0.5, 0.6) is 0 Å². The summed E-state index contributed by atoms with van der Waals surface area (Å²) in [4.78, 5) is 23.6. The van der Waals surface area contributed by atoms with Crippen molar-refractivity contribution in [1.82, 2.24) is 15.8 Å². The molecule has 0 aliphatic carbocycles. The summed E-state index contributed by atoms with van der Waals surface area (Å²) in [5, 5.41) is 10.1. The minimum atomic E-state index is -0.642. The molecule has 2 fully saturated rings. The number of aromatic nitrogens is 1. The maximum atomic E-state index is 12.7. The molecule has 2 atom stereocenters. The Bertz CT molecular complexity index is 589. The maximum absolute atomic E-state index is 12.7. The van der Waals surface area contributed by atoms with Crippen molar-refractivity contribution in [3.63, 3.8) is 0 Å². The highest BCUT2D eigenvalue weighted by molar-refractivity contribution is 5.87. The number of carbonyl (C=O) groups excluding carboxylic acids is 2. The number of hydrogen-bond acceptors (Lipinski definition) is 6. The summed E-state index contributed by atoms with van der Waals surface area (Å²) in [6, 6.07) is 1.93. The molecule has 2 amide bonds. The van der Waals surface area contributed by atoms with Gasteiger partial charge < -0.3 is 25.6 Å². The Morgan fingerprint density at radius 1 is 1.50 bits per heavy atom. The van der Waals surface area contributed by atoms with Crippen LogP contribution in [-0.4, -0.2) is 49.8 Å². The zero-order chi connectivity index (χ0) is 17.0. The maximum Gasteiger partial charge on any atom is 0.236 e. The molecule has 24 heavy (non-hydrogen) atoms. The highest BCUT2D eigenvalue weighted by atomic mass is 16.5. The van der Waals surface area contributed by atoms with Gasteiger partial charge >= 0.3 is 0 Å². The monoisotopic (exact) mass is 336 g/mol. The third-order valence-electron chi connectivity index (χ3n) is 4.81. The van der Waals surface area contributed by atoms with Crippen LogP contribution in [0, 0.1) is 5.41 Å². The molecule has 0 saturated carbocycles. The molecule has 2 saturated heterocycles. The Morgan fingerprint density at radius 2 is 2.38 bits per heavy atom. The standard InChI is InChI=1S/C16H24N4O4/c17-14(21)8-19-15(22)16(3-1-4-18-10-16)7-12-6-13(20-24-12)11-2-5-23-9-11/h6,11,18H,1-5,7-10H2,(H2,17,21)(H,19,22)/t11-,16-/m1/s1. The summed E-state index contributed by atoms with van der Waals surface area (Å²) in [5.74, 6) is 0.238. The third-order valence-corrected chi connectivity index (χ3v) is 4.81. The van der Waals surface area contributed by atoms with Gasteiger partial charge in [-0.25, -0.2) is 0 Å². The molecule has 3 heterocycles. The SMILES string of the molecule is NC(=O)CNC(=O)[C@@]1(Cc2cc([C@@H]3CCOC3)no2)CCCNC1. The average Bonchev–Trinajstić information content (AvgIpc) is 3.24. The highest BCUT2D eigenvalue weighted by Crippen LogP contribution is 2.33. The number of amides is 2. The number of rotatable bonds is 6. The van der Waals surface area contributed by atoms with Crippen molar-refractivity contribution < 1.29 is 18.8 Å². The average molecular weight is 336 g/mol. The summed E-state index contributed by atoms with van der Waals surface area (Å²) in [6.07, 6.45) is 3.01. The second-order valence-corrected chi connectivity index (χ2v) is 6.67. The first-order valence-corrected chi connectivity index (χ1v) is 8.40. The molecular weight excluding hydrogens is 312 g/mol. The van der Waals surface area contributed by atoms with E-state index in [1.165, 1.54) is 0 Å². The molecule has 1 aromatic heterocycles. The minimum Gasteiger partial charge on any atom is -0.381 e. The number of piperidine rings is 1. The molecule has 132 valence electrons. The molecule has 2 aliphatic heterocycles. The van der Waals surface area contributed by atoms with Crippen LogP contribution in [0.3, 0.4) is 0 Å². The highest BCUT2D eigenvalue weighted by Gasteiger charge is 2.41. The molecule has 8 heteroatoms. The Labute approximate surface area is 140 Å². The van der Waals surface area contributed by atoms with Crippen molar-refractivity contribution in [1.29, 1.82) is 0 Å². The quantitative estimate of drug-likeness (QED) is 0.656. The Kier molecular flexibility index (Phi) is 5.15. The molecule has 1 aromatic rings.